The maximum Gasteiger partial charge on any atom is 0.319 e. The molecule has 15 heteroatoms. The summed E-state index contributed by atoms with van der Waals surface area (Å²) in [6, 6.07) is 1.83. The Labute approximate surface area is 300 Å². The third kappa shape index (κ3) is 6.43. The monoisotopic (exact) mass is 714 g/mol. The van der Waals surface area contributed by atoms with Crippen LogP contribution < -0.4 is 15.4 Å². The third-order valence-corrected chi connectivity index (χ3v) is 10.9. The summed E-state index contributed by atoms with van der Waals surface area (Å²) in [5, 5.41) is 4.35. The average molecular weight is 715 g/mol. The summed E-state index contributed by atoms with van der Waals surface area (Å²) in [6.07, 6.45) is 7.83. The molecule has 3 saturated heterocycles. The first kappa shape index (κ1) is 34.3. The van der Waals surface area contributed by atoms with Crippen molar-refractivity contribution in [1.29, 1.82) is 0 Å². The standard InChI is InChI=1S/C37H44F2N10O3/c1-20(2)34-43-27(52-46-34)8-9-28(50)48-16-22(17-48)15-47(4)35-25-14-41-33(32-29(23-6-7-23)21(3)12-26(40)42-32)30(39)31(25)44-36(45-35)51-19-37-10-5-11-49(37)18-24(38)13-37/h8-9,12,14,20,22-24H,5-7,10-11,13,15-19H2,1-4H3,(H2,40,42)/b9-8+/t24-,37+/m1/s1. The Bertz CT molecular complexity index is 2050. The van der Waals surface area contributed by atoms with E-state index in [0.717, 1.165) is 43.4 Å². The van der Waals surface area contributed by atoms with Crippen molar-refractivity contribution >= 4 is 34.5 Å². The molecular formula is C37H44F2N10O3. The highest BCUT2D eigenvalue weighted by Gasteiger charge is 2.49. The molecule has 4 fully saturated rings. The van der Waals surface area contributed by atoms with Gasteiger partial charge in [0.2, 0.25) is 5.91 Å². The number of carbonyl (C=O) groups is 1. The van der Waals surface area contributed by atoms with Crippen molar-refractivity contribution in [3.05, 3.63) is 47.0 Å². The molecule has 1 amide bonds. The molecule has 0 unspecified atom stereocenters. The number of amides is 1. The van der Waals surface area contributed by atoms with Gasteiger partial charge in [-0.05, 0) is 62.3 Å². The molecule has 13 nitrogen and oxygen atoms in total. The number of rotatable bonds is 11. The summed E-state index contributed by atoms with van der Waals surface area (Å²) in [7, 11) is 1.87. The number of ether oxygens (including phenoxy) is 1. The molecule has 8 rings (SSSR count). The molecule has 4 aliphatic rings. The van der Waals surface area contributed by atoms with E-state index < -0.39 is 17.5 Å². The normalized spacial score (nSPS) is 22.1. The van der Waals surface area contributed by atoms with Crippen molar-refractivity contribution in [2.24, 2.45) is 5.92 Å². The third-order valence-electron chi connectivity index (χ3n) is 10.9. The number of aromatic nitrogens is 6. The van der Waals surface area contributed by atoms with Crippen molar-refractivity contribution < 1.29 is 22.8 Å². The van der Waals surface area contributed by atoms with Gasteiger partial charge in [-0.25, -0.2) is 13.8 Å². The fraction of sp³-hybridized carbons (Fsp3) is 0.541. The highest BCUT2D eigenvalue weighted by molar-refractivity contribution is 5.93. The Hall–Kier alpha value is -4.79. The summed E-state index contributed by atoms with van der Waals surface area (Å²) in [6.45, 7) is 8.92. The lowest BCUT2D eigenvalue weighted by molar-refractivity contribution is -0.131. The maximum atomic E-state index is 16.8. The van der Waals surface area contributed by atoms with E-state index in [-0.39, 0.29) is 53.4 Å². The van der Waals surface area contributed by atoms with Gasteiger partial charge in [-0.2, -0.15) is 15.0 Å². The number of likely N-dealkylation sites (tertiary alicyclic amines) is 1. The van der Waals surface area contributed by atoms with Gasteiger partial charge in [-0.3, -0.25) is 14.7 Å². The molecule has 0 spiro atoms. The van der Waals surface area contributed by atoms with Crippen LogP contribution in [0.1, 0.15) is 80.6 Å². The van der Waals surface area contributed by atoms with Gasteiger partial charge in [-0.1, -0.05) is 19.0 Å². The van der Waals surface area contributed by atoms with E-state index in [4.69, 9.17) is 20.0 Å². The molecule has 3 aliphatic heterocycles. The van der Waals surface area contributed by atoms with E-state index in [9.17, 15) is 9.18 Å². The van der Waals surface area contributed by atoms with Crippen LogP contribution in [0.25, 0.3) is 28.4 Å². The largest absolute Gasteiger partial charge is 0.461 e. The van der Waals surface area contributed by atoms with Crippen molar-refractivity contribution in [2.75, 3.05) is 57.0 Å². The predicted octanol–water partition coefficient (Wildman–Crippen LogP) is 5.06. The number of aryl methyl sites for hydroxylation is 1. The minimum Gasteiger partial charge on any atom is -0.461 e. The van der Waals surface area contributed by atoms with E-state index in [1.807, 2.05) is 38.8 Å². The molecule has 2 atom stereocenters. The highest BCUT2D eigenvalue weighted by atomic mass is 19.1. The predicted molar refractivity (Wildman–Crippen MR) is 191 cm³/mol. The maximum absolute atomic E-state index is 16.8. The number of alkyl halides is 1. The number of halogens is 2. The summed E-state index contributed by atoms with van der Waals surface area (Å²) in [4.78, 5) is 41.5. The van der Waals surface area contributed by atoms with Gasteiger partial charge >= 0.3 is 6.01 Å². The Morgan fingerprint density at radius 3 is 2.75 bits per heavy atom. The van der Waals surface area contributed by atoms with E-state index >= 15 is 4.39 Å². The summed E-state index contributed by atoms with van der Waals surface area (Å²) in [5.74, 6) is 1.39. The Morgan fingerprint density at radius 2 is 2.00 bits per heavy atom. The lowest BCUT2D eigenvalue weighted by Crippen LogP contribution is -2.53. The van der Waals surface area contributed by atoms with Crippen LogP contribution in [0.2, 0.25) is 0 Å². The molecule has 0 aromatic carbocycles. The minimum atomic E-state index is -0.912. The van der Waals surface area contributed by atoms with Gasteiger partial charge in [0, 0.05) is 69.8 Å². The molecule has 0 bridgehead atoms. The van der Waals surface area contributed by atoms with Crippen LogP contribution in [0.4, 0.5) is 20.4 Å². The van der Waals surface area contributed by atoms with Crippen LogP contribution in [0.3, 0.4) is 0 Å². The number of hydrogen-bond acceptors (Lipinski definition) is 12. The van der Waals surface area contributed by atoms with Crippen LogP contribution in [-0.2, 0) is 4.79 Å². The average Bonchev–Trinajstić information content (AvgIpc) is 3.52. The van der Waals surface area contributed by atoms with Gasteiger partial charge in [0.25, 0.3) is 5.89 Å². The Morgan fingerprint density at radius 1 is 1.19 bits per heavy atom. The summed E-state index contributed by atoms with van der Waals surface area (Å²) < 4.78 is 42.8. The van der Waals surface area contributed by atoms with E-state index in [2.05, 4.69) is 30.0 Å². The lowest BCUT2D eigenvalue weighted by atomic mass is 9.95. The van der Waals surface area contributed by atoms with Crippen LogP contribution in [0, 0.1) is 18.7 Å². The van der Waals surface area contributed by atoms with Gasteiger partial charge in [-0.15, -0.1) is 0 Å². The summed E-state index contributed by atoms with van der Waals surface area (Å²) in [5.41, 5.74) is 8.23. The second kappa shape index (κ2) is 13.3. The van der Waals surface area contributed by atoms with Crippen LogP contribution in [0.5, 0.6) is 6.01 Å². The van der Waals surface area contributed by atoms with Crippen molar-refractivity contribution in [1.82, 2.24) is 39.9 Å². The lowest BCUT2D eigenvalue weighted by Gasteiger charge is -2.40. The number of nitrogens with zero attached hydrogens (tertiary/aromatic N) is 9. The van der Waals surface area contributed by atoms with Crippen LogP contribution in [-0.4, -0.2) is 104 Å². The summed E-state index contributed by atoms with van der Waals surface area (Å²) >= 11 is 0. The first-order chi connectivity index (χ1) is 25.0. The number of nitrogens with two attached hydrogens (primary N) is 1. The zero-order valence-corrected chi connectivity index (χ0v) is 30.0. The van der Waals surface area contributed by atoms with Gasteiger partial charge < -0.3 is 24.8 Å². The molecule has 1 aliphatic carbocycles. The molecule has 274 valence electrons. The number of nitrogen functional groups attached to an aromatic ring is 1. The molecule has 2 N–H and O–H groups in total. The SMILES string of the molecule is Cc1cc(N)nc(-c2ncc3c(N(C)CC4CN(C(=O)/C=C/c5nc(C(C)C)no5)C4)nc(OC[C@@]45CCCN4C[C@H](F)C5)nc3c2F)c1C1CC1. The molecule has 1 saturated carbocycles. The first-order valence-electron chi connectivity index (χ1n) is 18.2. The van der Waals surface area contributed by atoms with Crippen molar-refractivity contribution in [3.8, 4) is 17.4 Å². The molecule has 7 heterocycles. The second-order valence-electron chi connectivity index (χ2n) is 15.2. The highest BCUT2D eigenvalue weighted by Crippen LogP contribution is 2.46. The minimum absolute atomic E-state index is 0.0188. The molecular weight excluding hydrogens is 670 g/mol. The van der Waals surface area contributed by atoms with Crippen LogP contribution in [0.15, 0.2) is 22.9 Å². The fourth-order valence-corrected chi connectivity index (χ4v) is 8.10. The van der Waals surface area contributed by atoms with E-state index in [1.165, 1.54) is 12.2 Å². The molecule has 52 heavy (non-hydrogen) atoms. The Kier molecular flexibility index (Phi) is 8.79. The van der Waals surface area contributed by atoms with Crippen molar-refractivity contribution in [3.63, 3.8) is 0 Å². The Balaban J connectivity index is 1.06. The molecule has 4 aromatic rings. The van der Waals surface area contributed by atoms with Gasteiger partial charge in [0.05, 0.1) is 16.6 Å². The molecule has 4 aromatic heterocycles. The first-order valence-corrected chi connectivity index (χ1v) is 18.2. The number of fused-ring (bicyclic) bond motifs is 2. The number of carbonyl (C=O) groups excluding carboxylic acids is 1. The van der Waals surface area contributed by atoms with Crippen molar-refractivity contribution in [2.45, 2.75) is 76.4 Å². The molecule has 0 radical (unpaired) electrons. The quantitative estimate of drug-likeness (QED) is 0.207. The topological polar surface area (TPSA) is 153 Å². The zero-order valence-electron chi connectivity index (χ0n) is 30.0. The smallest absolute Gasteiger partial charge is 0.319 e. The second-order valence-corrected chi connectivity index (χ2v) is 15.2. The van der Waals surface area contributed by atoms with E-state index in [1.54, 1.807) is 11.1 Å². The zero-order chi connectivity index (χ0) is 36.3. The van der Waals surface area contributed by atoms with Gasteiger partial charge in [0.15, 0.2) is 11.6 Å². The fourth-order valence-electron chi connectivity index (χ4n) is 8.10. The number of anilines is 2. The number of hydrogen-bond donors (Lipinski definition) is 1. The van der Waals surface area contributed by atoms with Crippen LogP contribution >= 0.6 is 0 Å². The van der Waals surface area contributed by atoms with E-state index in [0.29, 0.717) is 61.1 Å². The van der Waals surface area contributed by atoms with Gasteiger partial charge in [0.1, 0.15) is 35.6 Å². The number of pyridine rings is 2.